The first-order valence-corrected chi connectivity index (χ1v) is 7.76. The highest BCUT2D eigenvalue weighted by Crippen LogP contribution is 2.33. The van der Waals surface area contributed by atoms with Gasteiger partial charge in [-0.25, -0.2) is 8.78 Å². The molecule has 25 heavy (non-hydrogen) atoms. The Kier molecular flexibility index (Phi) is 4.61. The summed E-state index contributed by atoms with van der Waals surface area (Å²) in [7, 11) is 0. The van der Waals surface area contributed by atoms with Crippen LogP contribution >= 0.6 is 0 Å². The summed E-state index contributed by atoms with van der Waals surface area (Å²) in [5, 5.41) is 2.54. The zero-order valence-corrected chi connectivity index (χ0v) is 13.5. The van der Waals surface area contributed by atoms with Crippen LogP contribution in [0.2, 0.25) is 0 Å². The number of carbonyl (C=O) groups excluding carboxylic acids is 2. The molecule has 0 saturated carbocycles. The Hall–Kier alpha value is -3.02. The average Bonchev–Trinajstić information content (AvgIpc) is 2.58. The van der Waals surface area contributed by atoms with Crippen LogP contribution in [0.5, 0.6) is 0 Å². The minimum Gasteiger partial charge on any atom is -0.326 e. The normalized spacial score (nSPS) is 15.6. The molecule has 0 bridgehead atoms. The summed E-state index contributed by atoms with van der Waals surface area (Å²) in [6.07, 6.45) is 3.47. The molecule has 0 spiro atoms. The molecule has 0 aromatic heterocycles. The SMILES string of the molecule is CC(=O)N1C=Cc2ccccc2[C@@H]1CC(=O)Nc1ccc(F)c(F)c1. The van der Waals surface area contributed by atoms with E-state index < -0.39 is 23.6 Å². The van der Waals surface area contributed by atoms with Gasteiger partial charge in [0.15, 0.2) is 11.6 Å². The summed E-state index contributed by atoms with van der Waals surface area (Å²) in [6.45, 7) is 1.43. The highest BCUT2D eigenvalue weighted by atomic mass is 19.2. The van der Waals surface area contributed by atoms with Crippen molar-refractivity contribution in [3.8, 4) is 0 Å². The van der Waals surface area contributed by atoms with Gasteiger partial charge in [0.2, 0.25) is 11.8 Å². The van der Waals surface area contributed by atoms with Crippen molar-refractivity contribution in [2.75, 3.05) is 5.32 Å². The fraction of sp³-hybridized carbons (Fsp3) is 0.158. The van der Waals surface area contributed by atoms with Crippen molar-refractivity contribution in [3.63, 3.8) is 0 Å². The first-order valence-electron chi connectivity index (χ1n) is 7.76. The van der Waals surface area contributed by atoms with Gasteiger partial charge in [-0.1, -0.05) is 24.3 Å². The third kappa shape index (κ3) is 3.57. The predicted octanol–water partition coefficient (Wildman–Crippen LogP) is 3.87. The summed E-state index contributed by atoms with van der Waals surface area (Å²) < 4.78 is 26.2. The zero-order chi connectivity index (χ0) is 18.0. The lowest BCUT2D eigenvalue weighted by Gasteiger charge is -2.32. The van der Waals surface area contributed by atoms with E-state index >= 15 is 0 Å². The zero-order valence-electron chi connectivity index (χ0n) is 13.5. The Bertz CT molecular complexity index is 864. The van der Waals surface area contributed by atoms with E-state index in [0.717, 1.165) is 23.3 Å². The molecular formula is C19H16F2N2O2. The van der Waals surface area contributed by atoms with Gasteiger partial charge in [0.25, 0.3) is 0 Å². The lowest BCUT2D eigenvalue weighted by Crippen LogP contribution is -2.33. The maximum atomic E-state index is 13.3. The van der Waals surface area contributed by atoms with Crippen molar-refractivity contribution >= 4 is 23.6 Å². The maximum absolute atomic E-state index is 13.3. The van der Waals surface area contributed by atoms with Gasteiger partial charge in [-0.05, 0) is 29.3 Å². The van der Waals surface area contributed by atoms with Crippen LogP contribution in [-0.2, 0) is 9.59 Å². The fourth-order valence-electron chi connectivity index (χ4n) is 2.87. The molecule has 1 N–H and O–H groups in total. The Morgan fingerprint density at radius 2 is 1.88 bits per heavy atom. The Labute approximate surface area is 143 Å². The van der Waals surface area contributed by atoms with Crippen LogP contribution < -0.4 is 5.32 Å². The fourth-order valence-corrected chi connectivity index (χ4v) is 2.87. The molecule has 1 aliphatic rings. The summed E-state index contributed by atoms with van der Waals surface area (Å²) >= 11 is 0. The minimum atomic E-state index is -1.03. The number of rotatable bonds is 3. The van der Waals surface area contributed by atoms with E-state index in [4.69, 9.17) is 0 Å². The third-order valence-corrected chi connectivity index (χ3v) is 4.05. The van der Waals surface area contributed by atoms with E-state index in [1.165, 1.54) is 17.9 Å². The highest BCUT2D eigenvalue weighted by molar-refractivity contribution is 5.92. The average molecular weight is 342 g/mol. The Morgan fingerprint density at radius 1 is 1.12 bits per heavy atom. The monoisotopic (exact) mass is 342 g/mol. The molecule has 0 saturated heterocycles. The predicted molar refractivity (Wildman–Crippen MR) is 90.3 cm³/mol. The smallest absolute Gasteiger partial charge is 0.226 e. The van der Waals surface area contributed by atoms with Crippen molar-refractivity contribution in [2.24, 2.45) is 0 Å². The van der Waals surface area contributed by atoms with E-state index in [9.17, 15) is 18.4 Å². The molecule has 6 heteroatoms. The molecule has 0 radical (unpaired) electrons. The standard InChI is InChI=1S/C19H16F2N2O2/c1-12(24)23-9-8-13-4-2-3-5-15(13)18(23)11-19(25)22-14-6-7-16(20)17(21)10-14/h2-10,18H,11H2,1H3,(H,22,25)/t18-/m0/s1. The van der Waals surface area contributed by atoms with Crippen LogP contribution in [-0.4, -0.2) is 16.7 Å². The van der Waals surface area contributed by atoms with Crippen molar-refractivity contribution < 1.29 is 18.4 Å². The largest absolute Gasteiger partial charge is 0.326 e. The molecule has 4 nitrogen and oxygen atoms in total. The molecule has 1 atom stereocenters. The van der Waals surface area contributed by atoms with Crippen molar-refractivity contribution in [1.82, 2.24) is 4.90 Å². The van der Waals surface area contributed by atoms with Crippen molar-refractivity contribution in [2.45, 2.75) is 19.4 Å². The van der Waals surface area contributed by atoms with Gasteiger partial charge in [-0.3, -0.25) is 9.59 Å². The number of nitrogens with one attached hydrogen (secondary N) is 1. The number of nitrogens with zero attached hydrogens (tertiary/aromatic N) is 1. The highest BCUT2D eigenvalue weighted by Gasteiger charge is 2.28. The first-order chi connectivity index (χ1) is 12.0. The number of amides is 2. The molecule has 1 heterocycles. The molecule has 0 fully saturated rings. The van der Waals surface area contributed by atoms with Crippen LogP contribution in [0.15, 0.2) is 48.7 Å². The van der Waals surface area contributed by atoms with Gasteiger partial charge < -0.3 is 10.2 Å². The lowest BCUT2D eigenvalue weighted by molar-refractivity contribution is -0.129. The van der Waals surface area contributed by atoms with Gasteiger partial charge in [0.1, 0.15) is 0 Å². The number of benzene rings is 2. The van der Waals surface area contributed by atoms with Crippen LogP contribution in [0.25, 0.3) is 6.08 Å². The van der Waals surface area contributed by atoms with Gasteiger partial charge in [0, 0.05) is 24.9 Å². The maximum Gasteiger partial charge on any atom is 0.226 e. The molecule has 0 aliphatic carbocycles. The van der Waals surface area contributed by atoms with Crippen molar-refractivity contribution in [3.05, 3.63) is 71.4 Å². The second-order valence-electron chi connectivity index (χ2n) is 5.77. The number of hydrogen-bond donors (Lipinski definition) is 1. The van der Waals surface area contributed by atoms with Gasteiger partial charge in [-0.15, -0.1) is 0 Å². The van der Waals surface area contributed by atoms with Crippen LogP contribution in [0.1, 0.15) is 30.5 Å². The molecule has 1 aliphatic heterocycles. The number of anilines is 1. The second kappa shape index (κ2) is 6.84. The van der Waals surface area contributed by atoms with E-state index in [1.54, 1.807) is 6.20 Å². The van der Waals surface area contributed by atoms with E-state index in [1.807, 2.05) is 30.3 Å². The van der Waals surface area contributed by atoms with Crippen LogP contribution in [0, 0.1) is 11.6 Å². The van der Waals surface area contributed by atoms with Crippen molar-refractivity contribution in [1.29, 1.82) is 0 Å². The number of fused-ring (bicyclic) bond motifs is 1. The number of carbonyl (C=O) groups is 2. The topological polar surface area (TPSA) is 49.4 Å². The molecule has 128 valence electrons. The molecule has 0 unspecified atom stereocenters. The summed E-state index contributed by atoms with van der Waals surface area (Å²) in [4.78, 5) is 25.8. The van der Waals surface area contributed by atoms with Crippen LogP contribution in [0.3, 0.4) is 0 Å². The lowest BCUT2D eigenvalue weighted by atomic mass is 9.93. The summed E-state index contributed by atoms with van der Waals surface area (Å²) in [5.41, 5.74) is 1.96. The van der Waals surface area contributed by atoms with Crippen LogP contribution in [0.4, 0.5) is 14.5 Å². The molecule has 2 amide bonds. The van der Waals surface area contributed by atoms with E-state index in [0.29, 0.717) is 0 Å². The summed E-state index contributed by atoms with van der Waals surface area (Å²) in [5.74, 6) is -2.59. The molecular weight excluding hydrogens is 326 g/mol. The van der Waals surface area contributed by atoms with E-state index in [2.05, 4.69) is 5.32 Å². The van der Waals surface area contributed by atoms with Gasteiger partial charge in [0.05, 0.1) is 12.5 Å². The van der Waals surface area contributed by atoms with Gasteiger partial charge in [-0.2, -0.15) is 0 Å². The Balaban J connectivity index is 1.81. The quantitative estimate of drug-likeness (QED) is 0.921. The molecule has 2 aromatic carbocycles. The van der Waals surface area contributed by atoms with E-state index in [-0.39, 0.29) is 18.0 Å². The molecule has 3 rings (SSSR count). The number of hydrogen-bond acceptors (Lipinski definition) is 2. The summed E-state index contributed by atoms with van der Waals surface area (Å²) in [6, 6.07) is 10.2. The third-order valence-electron chi connectivity index (χ3n) is 4.05. The molecule has 2 aromatic rings. The van der Waals surface area contributed by atoms with Gasteiger partial charge >= 0.3 is 0 Å². The number of halogens is 2. The first kappa shape index (κ1) is 16.8. The second-order valence-corrected chi connectivity index (χ2v) is 5.77. The Morgan fingerprint density at radius 3 is 2.60 bits per heavy atom. The minimum absolute atomic E-state index is 0.0000706.